The van der Waals surface area contributed by atoms with E-state index < -0.39 is 0 Å². The molecule has 1 aliphatic rings. The maximum atomic E-state index is 11.7. The van der Waals surface area contributed by atoms with Crippen molar-refractivity contribution in [1.82, 2.24) is 14.9 Å². The standard InChI is InChI=1S/C14H19N3O2/c1-3-4-14(18)17-9-6-12(7-10-17)19-13-5-8-15-11(2)16-13/h3-5,8,12H,6-7,9-10H2,1-2H3/b4-3+. The number of hydrogen-bond donors (Lipinski definition) is 0. The summed E-state index contributed by atoms with van der Waals surface area (Å²) in [5.74, 6) is 1.41. The van der Waals surface area contributed by atoms with Gasteiger partial charge in [-0.1, -0.05) is 6.08 Å². The Bertz CT molecular complexity index is 466. The molecule has 5 nitrogen and oxygen atoms in total. The minimum atomic E-state index is 0.0823. The number of piperidine rings is 1. The molecule has 1 saturated heterocycles. The fraction of sp³-hybridized carbons (Fsp3) is 0.500. The summed E-state index contributed by atoms with van der Waals surface area (Å²) >= 11 is 0. The van der Waals surface area contributed by atoms with Gasteiger partial charge in [0.1, 0.15) is 11.9 Å². The highest BCUT2D eigenvalue weighted by molar-refractivity contribution is 5.87. The lowest BCUT2D eigenvalue weighted by atomic mass is 10.1. The van der Waals surface area contributed by atoms with Crippen LogP contribution in [0.3, 0.4) is 0 Å². The number of rotatable bonds is 3. The lowest BCUT2D eigenvalue weighted by molar-refractivity contribution is -0.127. The highest BCUT2D eigenvalue weighted by Crippen LogP contribution is 2.17. The summed E-state index contributed by atoms with van der Waals surface area (Å²) in [6.07, 6.45) is 6.88. The molecule has 2 rings (SSSR count). The van der Waals surface area contributed by atoms with Crippen LogP contribution in [0.1, 0.15) is 25.6 Å². The minimum Gasteiger partial charge on any atom is -0.474 e. The van der Waals surface area contributed by atoms with E-state index in [1.54, 1.807) is 24.4 Å². The van der Waals surface area contributed by atoms with Crippen molar-refractivity contribution in [2.75, 3.05) is 13.1 Å². The number of likely N-dealkylation sites (tertiary alicyclic amines) is 1. The molecule has 1 aliphatic heterocycles. The molecular formula is C14H19N3O2. The minimum absolute atomic E-state index is 0.0823. The fourth-order valence-electron chi connectivity index (χ4n) is 2.11. The first-order valence-electron chi connectivity index (χ1n) is 6.57. The zero-order valence-corrected chi connectivity index (χ0v) is 11.4. The van der Waals surface area contributed by atoms with Crippen LogP contribution < -0.4 is 4.74 Å². The van der Waals surface area contributed by atoms with Crippen LogP contribution in [0.25, 0.3) is 0 Å². The Balaban J connectivity index is 1.85. The first kappa shape index (κ1) is 13.5. The highest BCUT2D eigenvalue weighted by Gasteiger charge is 2.22. The van der Waals surface area contributed by atoms with Gasteiger partial charge in [0.15, 0.2) is 0 Å². The predicted octanol–water partition coefficient (Wildman–Crippen LogP) is 1.73. The van der Waals surface area contributed by atoms with E-state index in [2.05, 4.69) is 9.97 Å². The summed E-state index contributed by atoms with van der Waals surface area (Å²) < 4.78 is 5.82. The molecule has 102 valence electrons. The van der Waals surface area contributed by atoms with E-state index in [0.717, 1.165) is 25.9 Å². The molecule has 1 fully saturated rings. The first-order chi connectivity index (χ1) is 9.19. The Morgan fingerprint density at radius 2 is 2.21 bits per heavy atom. The van der Waals surface area contributed by atoms with Crippen molar-refractivity contribution in [3.63, 3.8) is 0 Å². The number of carbonyl (C=O) groups excluding carboxylic acids is 1. The third kappa shape index (κ3) is 3.77. The van der Waals surface area contributed by atoms with Gasteiger partial charge in [-0.05, 0) is 19.9 Å². The molecule has 0 aliphatic carbocycles. The molecule has 1 aromatic rings. The number of allylic oxidation sites excluding steroid dienone is 1. The Hall–Kier alpha value is -1.91. The SMILES string of the molecule is C/C=C/C(=O)N1CCC(Oc2ccnc(C)n2)CC1. The Labute approximate surface area is 113 Å². The number of amides is 1. The van der Waals surface area contributed by atoms with Crippen LogP contribution in [0, 0.1) is 6.92 Å². The van der Waals surface area contributed by atoms with Gasteiger partial charge in [-0.25, -0.2) is 4.98 Å². The van der Waals surface area contributed by atoms with Crippen molar-refractivity contribution in [2.45, 2.75) is 32.8 Å². The van der Waals surface area contributed by atoms with Gasteiger partial charge < -0.3 is 9.64 Å². The van der Waals surface area contributed by atoms with Crippen molar-refractivity contribution in [3.05, 3.63) is 30.2 Å². The van der Waals surface area contributed by atoms with Gasteiger partial charge in [-0.15, -0.1) is 0 Å². The number of aryl methyl sites for hydroxylation is 1. The molecule has 0 saturated carbocycles. The van der Waals surface area contributed by atoms with Crippen LogP contribution in [-0.4, -0.2) is 40.0 Å². The van der Waals surface area contributed by atoms with E-state index in [0.29, 0.717) is 11.7 Å². The Morgan fingerprint density at radius 1 is 1.47 bits per heavy atom. The van der Waals surface area contributed by atoms with Gasteiger partial charge >= 0.3 is 0 Å². The Kier molecular flexibility index (Phi) is 4.49. The van der Waals surface area contributed by atoms with E-state index in [9.17, 15) is 4.79 Å². The fourth-order valence-corrected chi connectivity index (χ4v) is 2.11. The van der Waals surface area contributed by atoms with Gasteiger partial charge in [0.25, 0.3) is 0 Å². The smallest absolute Gasteiger partial charge is 0.246 e. The van der Waals surface area contributed by atoms with Crippen molar-refractivity contribution in [1.29, 1.82) is 0 Å². The average Bonchev–Trinajstić information content (AvgIpc) is 2.40. The number of ether oxygens (including phenoxy) is 1. The summed E-state index contributed by atoms with van der Waals surface area (Å²) in [5, 5.41) is 0. The van der Waals surface area contributed by atoms with Gasteiger partial charge in [0, 0.05) is 38.2 Å². The number of hydrogen-bond acceptors (Lipinski definition) is 4. The second-order valence-electron chi connectivity index (χ2n) is 4.58. The van der Waals surface area contributed by atoms with Crippen LogP contribution in [0.15, 0.2) is 24.4 Å². The van der Waals surface area contributed by atoms with Crippen molar-refractivity contribution >= 4 is 5.91 Å². The zero-order valence-electron chi connectivity index (χ0n) is 11.4. The third-order valence-electron chi connectivity index (χ3n) is 3.10. The summed E-state index contributed by atoms with van der Waals surface area (Å²) in [5.41, 5.74) is 0. The topological polar surface area (TPSA) is 55.3 Å². The zero-order chi connectivity index (χ0) is 13.7. The molecule has 2 heterocycles. The summed E-state index contributed by atoms with van der Waals surface area (Å²) in [4.78, 5) is 21.8. The van der Waals surface area contributed by atoms with Gasteiger partial charge in [0.05, 0.1) is 0 Å². The van der Waals surface area contributed by atoms with Gasteiger partial charge in [-0.3, -0.25) is 4.79 Å². The highest BCUT2D eigenvalue weighted by atomic mass is 16.5. The van der Waals surface area contributed by atoms with E-state index in [-0.39, 0.29) is 12.0 Å². The molecule has 1 aromatic heterocycles. The molecule has 19 heavy (non-hydrogen) atoms. The third-order valence-corrected chi connectivity index (χ3v) is 3.10. The van der Waals surface area contributed by atoms with Crippen LogP contribution in [-0.2, 0) is 4.79 Å². The van der Waals surface area contributed by atoms with Crippen molar-refractivity contribution in [2.24, 2.45) is 0 Å². The lowest BCUT2D eigenvalue weighted by Gasteiger charge is -2.31. The quantitative estimate of drug-likeness (QED) is 0.778. The summed E-state index contributed by atoms with van der Waals surface area (Å²) in [7, 11) is 0. The van der Waals surface area contributed by atoms with Crippen LogP contribution in [0.4, 0.5) is 0 Å². The van der Waals surface area contributed by atoms with E-state index in [4.69, 9.17) is 4.74 Å². The second-order valence-corrected chi connectivity index (χ2v) is 4.58. The molecule has 0 radical (unpaired) electrons. The number of nitrogens with zero attached hydrogens (tertiary/aromatic N) is 3. The largest absolute Gasteiger partial charge is 0.474 e. The molecule has 1 amide bonds. The van der Waals surface area contributed by atoms with E-state index >= 15 is 0 Å². The normalized spacial score (nSPS) is 16.8. The van der Waals surface area contributed by atoms with Gasteiger partial charge in [-0.2, -0.15) is 4.98 Å². The van der Waals surface area contributed by atoms with Crippen molar-refractivity contribution in [3.8, 4) is 5.88 Å². The second kappa shape index (κ2) is 6.31. The Morgan fingerprint density at radius 3 is 2.84 bits per heavy atom. The average molecular weight is 261 g/mol. The number of aromatic nitrogens is 2. The van der Waals surface area contributed by atoms with Crippen LogP contribution >= 0.6 is 0 Å². The van der Waals surface area contributed by atoms with Crippen molar-refractivity contribution < 1.29 is 9.53 Å². The molecule has 0 aromatic carbocycles. The molecule has 0 N–H and O–H groups in total. The maximum absolute atomic E-state index is 11.7. The molecule has 0 spiro atoms. The molecule has 5 heteroatoms. The van der Waals surface area contributed by atoms with E-state index in [1.165, 1.54) is 0 Å². The summed E-state index contributed by atoms with van der Waals surface area (Å²) in [6.45, 7) is 5.16. The maximum Gasteiger partial charge on any atom is 0.246 e. The van der Waals surface area contributed by atoms with Gasteiger partial charge in [0.2, 0.25) is 11.8 Å². The van der Waals surface area contributed by atoms with Crippen LogP contribution in [0.2, 0.25) is 0 Å². The first-order valence-corrected chi connectivity index (χ1v) is 6.57. The molecule has 0 unspecified atom stereocenters. The summed E-state index contributed by atoms with van der Waals surface area (Å²) in [6, 6.07) is 1.77. The molecule has 0 bridgehead atoms. The van der Waals surface area contributed by atoms with E-state index in [1.807, 2.05) is 18.7 Å². The lowest BCUT2D eigenvalue weighted by Crippen LogP contribution is -2.41. The number of carbonyl (C=O) groups is 1. The molecule has 0 atom stereocenters. The molecular weight excluding hydrogens is 242 g/mol. The monoisotopic (exact) mass is 261 g/mol. The van der Waals surface area contributed by atoms with Crippen LogP contribution in [0.5, 0.6) is 5.88 Å². The predicted molar refractivity (Wildman–Crippen MR) is 71.8 cm³/mol.